The molecule has 0 bridgehead atoms. The van der Waals surface area contributed by atoms with Crippen molar-refractivity contribution in [3.63, 3.8) is 0 Å². The number of rotatable bonds is 2. The summed E-state index contributed by atoms with van der Waals surface area (Å²) in [5, 5.41) is 8.94. The van der Waals surface area contributed by atoms with Gasteiger partial charge in [0.25, 0.3) is 5.91 Å². The fraction of sp³-hybridized carbons (Fsp3) is 0.429. The van der Waals surface area contributed by atoms with Crippen molar-refractivity contribution in [2.75, 3.05) is 13.0 Å². The number of hydrogen-bond donors (Lipinski definition) is 1. The topological polar surface area (TPSA) is 57.6 Å². The molecule has 4 nitrogen and oxygen atoms in total. The van der Waals surface area contributed by atoms with Crippen molar-refractivity contribution in [3.05, 3.63) is 35.4 Å². The molecule has 1 aliphatic heterocycles. The zero-order valence-electron chi connectivity index (χ0n) is 12.9. The highest BCUT2D eigenvalue weighted by Gasteiger charge is 2.31. The number of nitrogens with zero attached hydrogens (tertiary/aromatic N) is 1. The number of hydrogen-bond acceptors (Lipinski definition) is 2. The number of amides is 1. The van der Waals surface area contributed by atoms with Gasteiger partial charge in [0.05, 0.1) is 11.5 Å². The molecule has 1 heterocycles. The molecule has 1 saturated heterocycles. The quantitative estimate of drug-likeness (QED) is 0.913. The average Bonchev–Trinajstić information content (AvgIpc) is 2.44. The van der Waals surface area contributed by atoms with Gasteiger partial charge in [0.2, 0.25) is 0 Å². The third kappa shape index (κ3) is 3.53. The van der Waals surface area contributed by atoms with Gasteiger partial charge in [0.15, 0.2) is 0 Å². The number of carbonyl (C=O) groups is 2. The van der Waals surface area contributed by atoms with Gasteiger partial charge in [-0.15, -0.1) is 0 Å². The zero-order chi connectivity index (χ0) is 17.4. The minimum absolute atomic E-state index is 0.0735. The molecule has 1 fully saturated rings. The van der Waals surface area contributed by atoms with Crippen LogP contribution in [0.4, 0.5) is 13.2 Å². The molecule has 0 aliphatic carbocycles. The summed E-state index contributed by atoms with van der Waals surface area (Å²) in [6.07, 6.45) is -4.77. The molecule has 1 aromatic rings. The van der Waals surface area contributed by atoms with Crippen molar-refractivity contribution in [1.29, 1.82) is 0 Å². The van der Waals surface area contributed by atoms with Crippen LogP contribution >= 0.6 is 0 Å². The number of aliphatic carboxylic acids is 1. The lowest BCUT2D eigenvalue weighted by Gasteiger charge is -2.30. The highest BCUT2D eigenvalue weighted by molar-refractivity contribution is 5.94. The van der Waals surface area contributed by atoms with E-state index >= 15 is 0 Å². The van der Waals surface area contributed by atoms with E-state index in [9.17, 15) is 22.8 Å². The zero-order valence-corrected chi connectivity index (χ0v) is 10.9. The third-order valence-electron chi connectivity index (χ3n) is 3.28. The maximum Gasteiger partial charge on any atom is 0.416 e. The first-order valence-corrected chi connectivity index (χ1v) is 6.24. The summed E-state index contributed by atoms with van der Waals surface area (Å²) < 4.78 is 53.2. The van der Waals surface area contributed by atoms with Crippen molar-refractivity contribution in [3.8, 4) is 0 Å². The Morgan fingerprint density at radius 2 is 1.86 bits per heavy atom. The van der Waals surface area contributed by atoms with Gasteiger partial charge in [-0.1, -0.05) is 0 Å². The van der Waals surface area contributed by atoms with Crippen LogP contribution in [0.1, 0.15) is 31.5 Å². The summed E-state index contributed by atoms with van der Waals surface area (Å²) >= 11 is 0. The number of carboxylic acids is 1. The molecule has 114 valence electrons. The Kier molecular flexibility index (Phi) is 3.47. The number of carbonyl (C=O) groups excluding carboxylic acids is 1. The molecule has 1 amide bonds. The van der Waals surface area contributed by atoms with Gasteiger partial charge in [-0.05, 0) is 37.1 Å². The van der Waals surface area contributed by atoms with E-state index in [0.717, 1.165) is 29.2 Å². The molecule has 0 aromatic heterocycles. The fourth-order valence-electron chi connectivity index (χ4n) is 2.03. The van der Waals surface area contributed by atoms with Crippen molar-refractivity contribution >= 4 is 11.9 Å². The third-order valence-corrected chi connectivity index (χ3v) is 3.28. The van der Waals surface area contributed by atoms with Crippen LogP contribution in [0.15, 0.2) is 24.3 Å². The van der Waals surface area contributed by atoms with Crippen molar-refractivity contribution in [1.82, 2.24) is 4.90 Å². The van der Waals surface area contributed by atoms with Crippen LogP contribution in [0.2, 0.25) is 0 Å². The van der Waals surface area contributed by atoms with Gasteiger partial charge in [-0.25, -0.2) is 0 Å². The summed E-state index contributed by atoms with van der Waals surface area (Å²) in [4.78, 5) is 24.1. The van der Waals surface area contributed by atoms with Crippen LogP contribution in [0, 0.1) is 5.92 Å². The maximum absolute atomic E-state index is 12.5. The first-order chi connectivity index (χ1) is 10.5. The summed E-state index contributed by atoms with van der Waals surface area (Å²) in [7, 11) is 0. The van der Waals surface area contributed by atoms with Crippen LogP contribution < -0.4 is 0 Å². The normalized spacial score (nSPS) is 23.2. The molecule has 1 atom stereocenters. The molecule has 21 heavy (non-hydrogen) atoms. The van der Waals surface area contributed by atoms with Gasteiger partial charge < -0.3 is 10.0 Å². The Labute approximate surface area is 122 Å². The molecule has 2 rings (SSSR count). The lowest BCUT2D eigenvalue weighted by Crippen LogP contribution is -2.40. The summed E-state index contributed by atoms with van der Waals surface area (Å²) in [5.41, 5.74) is -0.975. The Hall–Kier alpha value is -2.05. The first-order valence-electron chi connectivity index (χ1n) is 7.24. The number of halogens is 3. The van der Waals surface area contributed by atoms with Crippen LogP contribution in [-0.2, 0) is 11.0 Å². The molecule has 0 saturated carbocycles. The minimum Gasteiger partial charge on any atom is -0.481 e. The monoisotopic (exact) mass is 303 g/mol. The Bertz CT molecular complexity index is 617. The van der Waals surface area contributed by atoms with E-state index in [1.54, 1.807) is 0 Å². The van der Waals surface area contributed by atoms with E-state index < -0.39 is 36.0 Å². The second kappa shape index (κ2) is 5.75. The lowest BCUT2D eigenvalue weighted by molar-refractivity contribution is -0.143. The molecular weight excluding hydrogens is 287 g/mol. The van der Waals surface area contributed by atoms with Crippen LogP contribution in [0.5, 0.6) is 0 Å². The van der Waals surface area contributed by atoms with E-state index in [0.29, 0.717) is 0 Å². The molecule has 1 N–H and O–H groups in total. The number of likely N-dealkylation sites (tertiary alicyclic amines) is 1. The van der Waals surface area contributed by atoms with E-state index in [1.165, 1.54) is 0 Å². The SMILES string of the molecule is [2H]C1([2H])CC(C(=O)O)CCN1C(=O)c1ccc(C(F)(F)F)cc1. The maximum atomic E-state index is 12.5. The van der Waals surface area contributed by atoms with Crippen molar-refractivity contribution in [2.24, 2.45) is 5.92 Å². The van der Waals surface area contributed by atoms with Crippen molar-refractivity contribution in [2.45, 2.75) is 19.0 Å². The highest BCUT2D eigenvalue weighted by Crippen LogP contribution is 2.29. The van der Waals surface area contributed by atoms with E-state index in [4.69, 9.17) is 7.85 Å². The summed E-state index contributed by atoms with van der Waals surface area (Å²) in [6, 6.07) is 3.49. The highest BCUT2D eigenvalue weighted by atomic mass is 19.4. The first kappa shape index (κ1) is 12.7. The number of piperidine rings is 1. The standard InChI is InChI=1S/C14H14F3NO3/c15-14(16,17)11-3-1-9(2-4-11)12(19)18-7-5-10(6-8-18)13(20)21/h1-4,10H,5-8H2,(H,20,21)/i7D2. The molecule has 1 aromatic carbocycles. The fourth-order valence-corrected chi connectivity index (χ4v) is 2.03. The number of alkyl halides is 3. The molecule has 0 radical (unpaired) electrons. The van der Waals surface area contributed by atoms with Gasteiger partial charge in [0.1, 0.15) is 0 Å². The lowest BCUT2D eigenvalue weighted by atomic mass is 9.96. The molecular formula is C14H14F3NO3. The molecule has 1 unspecified atom stereocenters. The average molecular weight is 303 g/mol. The Balaban J connectivity index is 2.19. The van der Waals surface area contributed by atoms with Crippen LogP contribution in [-0.4, -0.2) is 34.9 Å². The molecule has 1 aliphatic rings. The smallest absolute Gasteiger partial charge is 0.416 e. The minimum atomic E-state index is -4.52. The number of carboxylic acid groups (broad SMARTS) is 1. The second-order valence-corrected chi connectivity index (χ2v) is 4.72. The van der Waals surface area contributed by atoms with Crippen LogP contribution in [0.3, 0.4) is 0 Å². The Morgan fingerprint density at radius 1 is 1.24 bits per heavy atom. The van der Waals surface area contributed by atoms with Gasteiger partial charge in [-0.2, -0.15) is 13.2 Å². The van der Waals surface area contributed by atoms with E-state index in [1.807, 2.05) is 0 Å². The van der Waals surface area contributed by atoms with Crippen molar-refractivity contribution < 1.29 is 30.6 Å². The summed E-state index contributed by atoms with van der Waals surface area (Å²) in [5.74, 6) is -2.77. The predicted molar refractivity (Wildman–Crippen MR) is 67.7 cm³/mol. The van der Waals surface area contributed by atoms with Gasteiger partial charge in [0, 0.05) is 21.3 Å². The second-order valence-electron chi connectivity index (χ2n) is 4.72. The van der Waals surface area contributed by atoms with Gasteiger partial charge in [-0.3, -0.25) is 9.59 Å². The number of benzene rings is 1. The molecule has 0 spiro atoms. The van der Waals surface area contributed by atoms with Crippen LogP contribution in [0.25, 0.3) is 0 Å². The van der Waals surface area contributed by atoms with E-state index in [2.05, 4.69) is 0 Å². The van der Waals surface area contributed by atoms with E-state index in [-0.39, 0.29) is 24.9 Å². The van der Waals surface area contributed by atoms with Gasteiger partial charge >= 0.3 is 12.1 Å². The summed E-state index contributed by atoms with van der Waals surface area (Å²) in [6.45, 7) is -2.27. The Morgan fingerprint density at radius 3 is 2.33 bits per heavy atom. The molecule has 7 heteroatoms. The largest absolute Gasteiger partial charge is 0.481 e. The predicted octanol–water partition coefficient (Wildman–Crippen LogP) is 2.64.